The molecule has 1 fully saturated rings. The van der Waals surface area contributed by atoms with Gasteiger partial charge in [-0.15, -0.1) is 0 Å². The van der Waals surface area contributed by atoms with Crippen LogP contribution in [-0.4, -0.2) is 21.4 Å². The molecule has 1 atom stereocenters. The first-order valence-electron chi connectivity index (χ1n) is 9.27. The Hall–Kier alpha value is -2.18. The van der Waals surface area contributed by atoms with Crippen LogP contribution in [0.1, 0.15) is 42.0 Å². The molecule has 0 aliphatic heterocycles. The molecule has 1 saturated carbocycles. The van der Waals surface area contributed by atoms with Gasteiger partial charge >= 0.3 is 0 Å². The van der Waals surface area contributed by atoms with E-state index in [0.717, 1.165) is 24.0 Å². The van der Waals surface area contributed by atoms with E-state index in [1.807, 2.05) is 0 Å². The summed E-state index contributed by atoms with van der Waals surface area (Å²) < 4.78 is 25.8. The number of rotatable bonds is 8. The molecule has 0 radical (unpaired) electrons. The molecule has 1 aliphatic rings. The molecule has 5 nitrogen and oxygen atoms in total. The molecule has 3 rings (SSSR count). The van der Waals surface area contributed by atoms with E-state index in [9.17, 15) is 13.2 Å². The van der Waals surface area contributed by atoms with E-state index in [1.165, 1.54) is 12.6 Å². The number of carbonyl (C=O) groups excluding carboxylic acids is 1. The van der Waals surface area contributed by atoms with Gasteiger partial charge in [-0.2, -0.15) is 0 Å². The number of sulfonamides is 1. The number of aryl methyl sites for hydroxylation is 2. The molecule has 6 heteroatoms. The van der Waals surface area contributed by atoms with Crippen molar-refractivity contribution >= 4 is 15.9 Å². The number of benzene rings is 2. The van der Waals surface area contributed by atoms with Crippen molar-refractivity contribution in [3.05, 3.63) is 65.2 Å². The van der Waals surface area contributed by atoms with E-state index < -0.39 is 10.0 Å². The van der Waals surface area contributed by atoms with Gasteiger partial charge in [0.2, 0.25) is 15.9 Å². The highest BCUT2D eigenvalue weighted by Gasteiger charge is 2.33. The van der Waals surface area contributed by atoms with Crippen molar-refractivity contribution in [1.29, 1.82) is 0 Å². The quantitative estimate of drug-likeness (QED) is 0.732. The van der Waals surface area contributed by atoms with Crippen LogP contribution in [0.4, 0.5) is 0 Å². The van der Waals surface area contributed by atoms with Crippen LogP contribution < -0.4 is 10.0 Å². The SMILES string of the molecule is CNS(=O)(=O)c1ccc(CCC(=O)NC(c2ccc(C)cc2)C2CC2)cc1. The summed E-state index contributed by atoms with van der Waals surface area (Å²) in [5, 5.41) is 3.18. The van der Waals surface area contributed by atoms with E-state index >= 15 is 0 Å². The number of nitrogens with one attached hydrogen (secondary N) is 2. The van der Waals surface area contributed by atoms with Gasteiger partial charge in [-0.05, 0) is 62.4 Å². The molecule has 1 aliphatic carbocycles. The lowest BCUT2D eigenvalue weighted by Crippen LogP contribution is -2.30. The fourth-order valence-electron chi connectivity index (χ4n) is 3.13. The Morgan fingerprint density at radius 1 is 1.07 bits per heavy atom. The largest absolute Gasteiger partial charge is 0.349 e. The molecule has 2 N–H and O–H groups in total. The summed E-state index contributed by atoms with van der Waals surface area (Å²) in [7, 11) is -2.04. The van der Waals surface area contributed by atoms with Crippen molar-refractivity contribution in [2.24, 2.45) is 5.92 Å². The van der Waals surface area contributed by atoms with Gasteiger partial charge in [0.25, 0.3) is 0 Å². The zero-order valence-electron chi connectivity index (χ0n) is 15.7. The molecular weight excluding hydrogens is 360 g/mol. The molecule has 0 bridgehead atoms. The summed E-state index contributed by atoms with van der Waals surface area (Å²) in [4.78, 5) is 12.7. The van der Waals surface area contributed by atoms with Crippen LogP contribution >= 0.6 is 0 Å². The molecule has 0 spiro atoms. The fourth-order valence-corrected chi connectivity index (χ4v) is 3.86. The van der Waals surface area contributed by atoms with Gasteiger partial charge in [-0.1, -0.05) is 42.0 Å². The molecule has 144 valence electrons. The van der Waals surface area contributed by atoms with Crippen LogP contribution in [-0.2, 0) is 21.2 Å². The van der Waals surface area contributed by atoms with E-state index in [-0.39, 0.29) is 16.8 Å². The molecule has 0 heterocycles. The number of amides is 1. The van der Waals surface area contributed by atoms with Crippen LogP contribution in [0.2, 0.25) is 0 Å². The minimum Gasteiger partial charge on any atom is -0.349 e. The lowest BCUT2D eigenvalue weighted by molar-refractivity contribution is -0.122. The van der Waals surface area contributed by atoms with Crippen LogP contribution in [0.5, 0.6) is 0 Å². The summed E-state index contributed by atoms with van der Waals surface area (Å²) in [6, 6.07) is 15.1. The number of hydrogen-bond donors (Lipinski definition) is 2. The second-order valence-electron chi connectivity index (χ2n) is 7.14. The van der Waals surface area contributed by atoms with E-state index in [4.69, 9.17) is 0 Å². The zero-order chi connectivity index (χ0) is 19.4. The summed E-state index contributed by atoms with van der Waals surface area (Å²) in [6.07, 6.45) is 3.27. The molecule has 0 saturated heterocycles. The second kappa shape index (κ2) is 8.23. The fraction of sp³-hybridized carbons (Fsp3) is 0.381. The van der Waals surface area contributed by atoms with Gasteiger partial charge < -0.3 is 5.32 Å². The van der Waals surface area contributed by atoms with Crippen molar-refractivity contribution in [2.75, 3.05) is 7.05 Å². The Labute approximate surface area is 161 Å². The monoisotopic (exact) mass is 386 g/mol. The lowest BCUT2D eigenvalue weighted by atomic mass is 10.0. The summed E-state index contributed by atoms with van der Waals surface area (Å²) in [5.41, 5.74) is 3.32. The summed E-state index contributed by atoms with van der Waals surface area (Å²) in [5.74, 6) is 0.557. The van der Waals surface area contributed by atoms with Crippen LogP contribution in [0.15, 0.2) is 53.4 Å². The standard InChI is InChI=1S/C21H26N2O3S/c1-15-3-8-17(9-4-15)21(18-10-11-18)23-20(24)14-7-16-5-12-19(13-6-16)27(25,26)22-2/h3-6,8-9,12-13,18,21-22H,7,10-11,14H2,1-2H3,(H,23,24). The van der Waals surface area contributed by atoms with Crippen LogP contribution in [0, 0.1) is 12.8 Å². The van der Waals surface area contributed by atoms with Crippen molar-refractivity contribution in [3.8, 4) is 0 Å². The normalized spacial score (nSPS) is 15.3. The van der Waals surface area contributed by atoms with E-state index in [0.29, 0.717) is 18.8 Å². The Kier molecular flexibility index (Phi) is 5.97. The van der Waals surface area contributed by atoms with Gasteiger partial charge in [-0.3, -0.25) is 4.79 Å². The average Bonchev–Trinajstić information content (AvgIpc) is 3.51. The maximum Gasteiger partial charge on any atom is 0.240 e. The summed E-state index contributed by atoms with van der Waals surface area (Å²) in [6.45, 7) is 2.06. The zero-order valence-corrected chi connectivity index (χ0v) is 16.6. The number of carbonyl (C=O) groups is 1. The van der Waals surface area contributed by atoms with Gasteiger partial charge in [0.1, 0.15) is 0 Å². The van der Waals surface area contributed by atoms with E-state index in [1.54, 1.807) is 24.3 Å². The molecule has 0 aromatic heterocycles. The molecule has 27 heavy (non-hydrogen) atoms. The minimum absolute atomic E-state index is 0.0272. The smallest absolute Gasteiger partial charge is 0.240 e. The highest BCUT2D eigenvalue weighted by Crippen LogP contribution is 2.41. The van der Waals surface area contributed by atoms with Crippen molar-refractivity contribution in [1.82, 2.24) is 10.0 Å². The van der Waals surface area contributed by atoms with Gasteiger partial charge in [0.05, 0.1) is 10.9 Å². The lowest BCUT2D eigenvalue weighted by Gasteiger charge is -2.19. The predicted molar refractivity (Wildman–Crippen MR) is 106 cm³/mol. The molecular formula is C21H26N2O3S. The van der Waals surface area contributed by atoms with E-state index in [2.05, 4.69) is 41.2 Å². The first-order chi connectivity index (χ1) is 12.9. The Balaban J connectivity index is 1.58. The highest BCUT2D eigenvalue weighted by atomic mass is 32.2. The third kappa shape index (κ3) is 5.17. The number of hydrogen-bond acceptors (Lipinski definition) is 3. The molecule has 1 unspecified atom stereocenters. The van der Waals surface area contributed by atoms with Crippen LogP contribution in [0.25, 0.3) is 0 Å². The molecule has 2 aromatic carbocycles. The average molecular weight is 387 g/mol. The maximum atomic E-state index is 12.5. The highest BCUT2D eigenvalue weighted by molar-refractivity contribution is 7.89. The Bertz CT molecular complexity index is 886. The summed E-state index contributed by atoms with van der Waals surface area (Å²) >= 11 is 0. The van der Waals surface area contributed by atoms with Gasteiger partial charge in [0.15, 0.2) is 0 Å². The van der Waals surface area contributed by atoms with Crippen LogP contribution in [0.3, 0.4) is 0 Å². The minimum atomic E-state index is -3.43. The van der Waals surface area contributed by atoms with Crippen molar-refractivity contribution in [2.45, 2.75) is 43.5 Å². The Morgan fingerprint density at radius 3 is 2.26 bits per heavy atom. The topological polar surface area (TPSA) is 75.3 Å². The molecule has 2 aromatic rings. The first kappa shape index (κ1) is 19.6. The third-order valence-corrected chi connectivity index (χ3v) is 6.42. The predicted octanol–water partition coefficient (Wildman–Crippen LogP) is 3.10. The van der Waals surface area contributed by atoms with Gasteiger partial charge in [-0.25, -0.2) is 13.1 Å². The Morgan fingerprint density at radius 2 is 1.70 bits per heavy atom. The second-order valence-corrected chi connectivity index (χ2v) is 9.03. The van der Waals surface area contributed by atoms with Crippen molar-refractivity contribution in [3.63, 3.8) is 0 Å². The maximum absolute atomic E-state index is 12.5. The third-order valence-electron chi connectivity index (χ3n) is 4.99. The molecule has 1 amide bonds. The first-order valence-corrected chi connectivity index (χ1v) is 10.8. The van der Waals surface area contributed by atoms with Gasteiger partial charge in [0, 0.05) is 6.42 Å². The van der Waals surface area contributed by atoms with Crippen molar-refractivity contribution < 1.29 is 13.2 Å².